The molecule has 25 heavy (non-hydrogen) atoms. The number of ether oxygens (including phenoxy) is 2. The van der Waals surface area contributed by atoms with E-state index < -0.39 is 0 Å². The zero-order chi connectivity index (χ0) is 17.2. The Kier molecular flexibility index (Phi) is 4.31. The normalized spacial score (nSPS) is 17.1. The molecule has 0 unspecified atom stereocenters. The zero-order valence-electron chi connectivity index (χ0n) is 14.4. The molecule has 7 heteroatoms. The standard InChI is InChI=1S/C18H22N4O3/c1-2-22-15(5-6-19-22)18(23)21-9-7-20(8-10-21)12-14-3-4-16-17(11-14)25-13-24-16/h3-6,11H,2,7-10,12-13H2,1H3. The van der Waals surface area contributed by atoms with E-state index in [0.29, 0.717) is 19.0 Å². The first kappa shape index (κ1) is 16.0. The molecule has 1 saturated heterocycles. The van der Waals surface area contributed by atoms with Crippen molar-refractivity contribution in [2.75, 3.05) is 33.0 Å². The molecule has 2 aliphatic heterocycles. The molecule has 0 saturated carbocycles. The van der Waals surface area contributed by atoms with Gasteiger partial charge in [0.2, 0.25) is 6.79 Å². The molecule has 1 aromatic heterocycles. The Hall–Kier alpha value is -2.54. The highest BCUT2D eigenvalue weighted by atomic mass is 16.7. The molecule has 0 N–H and O–H groups in total. The number of fused-ring (bicyclic) bond motifs is 1. The van der Waals surface area contributed by atoms with E-state index in [1.165, 1.54) is 5.56 Å². The zero-order valence-corrected chi connectivity index (χ0v) is 14.4. The Morgan fingerprint density at radius 1 is 1.12 bits per heavy atom. The lowest BCUT2D eigenvalue weighted by atomic mass is 10.1. The first-order valence-corrected chi connectivity index (χ1v) is 8.66. The van der Waals surface area contributed by atoms with Gasteiger partial charge in [0, 0.05) is 45.5 Å². The van der Waals surface area contributed by atoms with Gasteiger partial charge in [-0.2, -0.15) is 5.10 Å². The highest BCUT2D eigenvalue weighted by molar-refractivity contribution is 5.92. The fourth-order valence-corrected chi connectivity index (χ4v) is 3.33. The van der Waals surface area contributed by atoms with Crippen LogP contribution in [0.4, 0.5) is 0 Å². The molecular formula is C18H22N4O3. The number of hydrogen-bond donors (Lipinski definition) is 0. The second-order valence-corrected chi connectivity index (χ2v) is 6.29. The lowest BCUT2D eigenvalue weighted by molar-refractivity contribution is 0.0616. The number of carbonyl (C=O) groups is 1. The average molecular weight is 342 g/mol. The van der Waals surface area contributed by atoms with E-state index in [0.717, 1.165) is 44.2 Å². The van der Waals surface area contributed by atoms with E-state index in [1.807, 2.05) is 24.0 Å². The summed E-state index contributed by atoms with van der Waals surface area (Å²) < 4.78 is 12.5. The molecule has 1 aromatic carbocycles. The average Bonchev–Trinajstić information content (AvgIpc) is 3.30. The van der Waals surface area contributed by atoms with Crippen LogP contribution in [0.25, 0.3) is 0 Å². The molecule has 7 nitrogen and oxygen atoms in total. The minimum atomic E-state index is 0.0714. The maximum atomic E-state index is 12.6. The molecule has 2 aromatic rings. The monoisotopic (exact) mass is 342 g/mol. The number of carbonyl (C=O) groups excluding carboxylic acids is 1. The van der Waals surface area contributed by atoms with Crippen LogP contribution in [0, 0.1) is 0 Å². The first-order chi connectivity index (χ1) is 12.2. The maximum absolute atomic E-state index is 12.6. The summed E-state index contributed by atoms with van der Waals surface area (Å²) >= 11 is 0. The van der Waals surface area contributed by atoms with Crippen molar-refractivity contribution in [2.45, 2.75) is 20.0 Å². The van der Waals surface area contributed by atoms with Crippen molar-refractivity contribution in [2.24, 2.45) is 0 Å². The van der Waals surface area contributed by atoms with Crippen LogP contribution in [0.5, 0.6) is 11.5 Å². The minimum Gasteiger partial charge on any atom is -0.454 e. The Labute approximate surface area is 146 Å². The highest BCUT2D eigenvalue weighted by Crippen LogP contribution is 2.32. The molecule has 1 amide bonds. The van der Waals surface area contributed by atoms with Crippen LogP contribution >= 0.6 is 0 Å². The van der Waals surface area contributed by atoms with Gasteiger partial charge in [-0.1, -0.05) is 6.07 Å². The van der Waals surface area contributed by atoms with Gasteiger partial charge in [-0.3, -0.25) is 14.4 Å². The van der Waals surface area contributed by atoms with Crippen LogP contribution in [0.3, 0.4) is 0 Å². The van der Waals surface area contributed by atoms with Gasteiger partial charge in [0.15, 0.2) is 11.5 Å². The Balaban J connectivity index is 1.34. The minimum absolute atomic E-state index is 0.0714. The van der Waals surface area contributed by atoms with Crippen molar-refractivity contribution in [3.05, 3.63) is 41.7 Å². The van der Waals surface area contributed by atoms with Gasteiger partial charge in [-0.05, 0) is 30.7 Å². The van der Waals surface area contributed by atoms with Gasteiger partial charge in [0.1, 0.15) is 5.69 Å². The van der Waals surface area contributed by atoms with Gasteiger partial charge in [0.25, 0.3) is 5.91 Å². The van der Waals surface area contributed by atoms with Crippen LogP contribution in [-0.4, -0.2) is 58.5 Å². The molecule has 0 atom stereocenters. The lowest BCUT2D eigenvalue weighted by Crippen LogP contribution is -2.48. The molecule has 3 heterocycles. The predicted molar refractivity (Wildman–Crippen MR) is 91.6 cm³/mol. The van der Waals surface area contributed by atoms with Crippen LogP contribution in [-0.2, 0) is 13.1 Å². The third-order valence-corrected chi connectivity index (χ3v) is 4.74. The number of nitrogens with zero attached hydrogens (tertiary/aromatic N) is 4. The van der Waals surface area contributed by atoms with Crippen LogP contribution in [0.1, 0.15) is 23.0 Å². The molecule has 1 fully saturated rings. The van der Waals surface area contributed by atoms with Gasteiger partial charge in [-0.15, -0.1) is 0 Å². The SMILES string of the molecule is CCn1nccc1C(=O)N1CCN(Cc2ccc3c(c2)OCO3)CC1. The summed E-state index contributed by atoms with van der Waals surface area (Å²) in [6, 6.07) is 7.87. The smallest absolute Gasteiger partial charge is 0.272 e. The number of rotatable bonds is 4. The van der Waals surface area contributed by atoms with Crippen LogP contribution < -0.4 is 9.47 Å². The fraction of sp³-hybridized carbons (Fsp3) is 0.444. The molecule has 0 aliphatic carbocycles. The van der Waals surface area contributed by atoms with E-state index in [4.69, 9.17) is 9.47 Å². The van der Waals surface area contributed by atoms with Crippen molar-refractivity contribution >= 4 is 5.91 Å². The van der Waals surface area contributed by atoms with Crippen molar-refractivity contribution in [3.63, 3.8) is 0 Å². The highest BCUT2D eigenvalue weighted by Gasteiger charge is 2.24. The second kappa shape index (κ2) is 6.76. The molecule has 4 rings (SSSR count). The fourth-order valence-electron chi connectivity index (χ4n) is 3.33. The molecule has 0 spiro atoms. The van der Waals surface area contributed by atoms with E-state index >= 15 is 0 Å². The molecule has 0 bridgehead atoms. The number of benzene rings is 1. The van der Waals surface area contributed by atoms with Crippen molar-refractivity contribution < 1.29 is 14.3 Å². The van der Waals surface area contributed by atoms with Gasteiger partial charge in [0.05, 0.1) is 0 Å². The van der Waals surface area contributed by atoms with E-state index in [9.17, 15) is 4.79 Å². The van der Waals surface area contributed by atoms with E-state index in [2.05, 4.69) is 16.1 Å². The Morgan fingerprint density at radius 3 is 2.72 bits per heavy atom. The molecule has 132 valence electrons. The summed E-state index contributed by atoms with van der Waals surface area (Å²) in [5, 5.41) is 4.19. The van der Waals surface area contributed by atoms with Gasteiger partial charge >= 0.3 is 0 Å². The molecule has 2 aliphatic rings. The quantitative estimate of drug-likeness (QED) is 0.844. The number of hydrogen-bond acceptors (Lipinski definition) is 5. The Morgan fingerprint density at radius 2 is 1.92 bits per heavy atom. The lowest BCUT2D eigenvalue weighted by Gasteiger charge is -2.34. The van der Waals surface area contributed by atoms with Crippen LogP contribution in [0.15, 0.2) is 30.5 Å². The summed E-state index contributed by atoms with van der Waals surface area (Å²) in [4.78, 5) is 16.9. The number of aryl methyl sites for hydroxylation is 1. The Bertz CT molecular complexity index is 765. The van der Waals surface area contributed by atoms with Gasteiger partial charge < -0.3 is 14.4 Å². The summed E-state index contributed by atoms with van der Waals surface area (Å²) in [5.41, 5.74) is 1.87. The molecule has 0 radical (unpaired) electrons. The topological polar surface area (TPSA) is 59.8 Å². The number of aromatic nitrogens is 2. The predicted octanol–water partition coefficient (Wildman–Crippen LogP) is 1.59. The van der Waals surface area contributed by atoms with E-state index in [-0.39, 0.29) is 5.91 Å². The first-order valence-electron chi connectivity index (χ1n) is 8.66. The number of amides is 1. The van der Waals surface area contributed by atoms with E-state index in [1.54, 1.807) is 16.9 Å². The summed E-state index contributed by atoms with van der Waals surface area (Å²) in [7, 11) is 0. The van der Waals surface area contributed by atoms with Crippen molar-refractivity contribution in [1.29, 1.82) is 0 Å². The summed E-state index contributed by atoms with van der Waals surface area (Å²) in [6.45, 7) is 7.04. The largest absolute Gasteiger partial charge is 0.454 e. The second-order valence-electron chi connectivity index (χ2n) is 6.29. The van der Waals surface area contributed by atoms with Gasteiger partial charge in [-0.25, -0.2) is 0 Å². The molecular weight excluding hydrogens is 320 g/mol. The van der Waals surface area contributed by atoms with Crippen LogP contribution in [0.2, 0.25) is 0 Å². The third kappa shape index (κ3) is 3.19. The summed E-state index contributed by atoms with van der Waals surface area (Å²) in [5.74, 6) is 1.70. The number of piperazine rings is 1. The maximum Gasteiger partial charge on any atom is 0.272 e. The summed E-state index contributed by atoms with van der Waals surface area (Å²) in [6.07, 6.45) is 1.69. The van der Waals surface area contributed by atoms with Crippen molar-refractivity contribution in [3.8, 4) is 11.5 Å². The third-order valence-electron chi connectivity index (χ3n) is 4.74. The van der Waals surface area contributed by atoms with Crippen molar-refractivity contribution in [1.82, 2.24) is 19.6 Å².